The summed E-state index contributed by atoms with van der Waals surface area (Å²) in [5.74, 6) is 1.37. The van der Waals surface area contributed by atoms with Gasteiger partial charge < -0.3 is 14.4 Å². The standard InChI is InChI=1S/C22H27NO3/c1-4-15-23(17-19-9-7-6-8-10-19)22(24)14-12-18-11-13-20(25-3)21(16-18)26-5-2/h6-14,16H,4-5,15,17H2,1-3H3/b14-12+. The van der Waals surface area contributed by atoms with E-state index < -0.39 is 0 Å². The van der Waals surface area contributed by atoms with Crippen LogP contribution in [0.4, 0.5) is 0 Å². The maximum absolute atomic E-state index is 12.6. The van der Waals surface area contributed by atoms with Crippen LogP contribution < -0.4 is 9.47 Å². The Labute approximate surface area is 156 Å². The van der Waals surface area contributed by atoms with E-state index in [1.807, 2.05) is 66.4 Å². The van der Waals surface area contributed by atoms with Crippen LogP contribution in [0, 0.1) is 0 Å². The zero-order chi connectivity index (χ0) is 18.8. The van der Waals surface area contributed by atoms with Crippen LogP contribution in [0.3, 0.4) is 0 Å². The van der Waals surface area contributed by atoms with E-state index >= 15 is 0 Å². The first-order chi connectivity index (χ1) is 12.7. The van der Waals surface area contributed by atoms with Gasteiger partial charge in [-0.2, -0.15) is 0 Å². The number of nitrogens with zero attached hydrogens (tertiary/aromatic N) is 1. The van der Waals surface area contributed by atoms with Crippen LogP contribution in [-0.2, 0) is 11.3 Å². The molecule has 4 heteroatoms. The monoisotopic (exact) mass is 353 g/mol. The molecule has 0 N–H and O–H groups in total. The van der Waals surface area contributed by atoms with Crippen molar-refractivity contribution < 1.29 is 14.3 Å². The highest BCUT2D eigenvalue weighted by molar-refractivity contribution is 5.91. The molecule has 0 aliphatic heterocycles. The van der Waals surface area contributed by atoms with Crippen molar-refractivity contribution in [2.24, 2.45) is 0 Å². The van der Waals surface area contributed by atoms with Crippen molar-refractivity contribution in [3.8, 4) is 11.5 Å². The summed E-state index contributed by atoms with van der Waals surface area (Å²) in [7, 11) is 1.61. The highest BCUT2D eigenvalue weighted by Crippen LogP contribution is 2.28. The van der Waals surface area contributed by atoms with E-state index in [0.717, 1.165) is 24.1 Å². The lowest BCUT2D eigenvalue weighted by Crippen LogP contribution is -2.29. The number of methoxy groups -OCH3 is 1. The predicted molar refractivity (Wildman–Crippen MR) is 105 cm³/mol. The fourth-order valence-electron chi connectivity index (χ4n) is 2.68. The summed E-state index contributed by atoms with van der Waals surface area (Å²) < 4.78 is 10.9. The third kappa shape index (κ3) is 5.66. The van der Waals surface area contributed by atoms with Gasteiger partial charge in [0.1, 0.15) is 0 Å². The van der Waals surface area contributed by atoms with Gasteiger partial charge in [-0.1, -0.05) is 43.3 Å². The number of hydrogen-bond donors (Lipinski definition) is 0. The number of rotatable bonds is 9. The molecule has 0 aromatic heterocycles. The molecule has 0 saturated carbocycles. The molecular weight excluding hydrogens is 326 g/mol. The predicted octanol–water partition coefficient (Wildman–Crippen LogP) is 4.55. The van der Waals surface area contributed by atoms with Gasteiger partial charge in [-0.3, -0.25) is 4.79 Å². The second kappa shape index (κ2) is 10.3. The Morgan fingerprint density at radius 1 is 1.08 bits per heavy atom. The molecule has 0 heterocycles. The van der Waals surface area contributed by atoms with E-state index in [-0.39, 0.29) is 5.91 Å². The maximum atomic E-state index is 12.6. The van der Waals surface area contributed by atoms with Crippen LogP contribution in [-0.4, -0.2) is 31.1 Å². The van der Waals surface area contributed by atoms with Crippen LogP contribution in [0.5, 0.6) is 11.5 Å². The molecule has 0 aliphatic carbocycles. The van der Waals surface area contributed by atoms with Crippen molar-refractivity contribution >= 4 is 12.0 Å². The Hall–Kier alpha value is -2.75. The summed E-state index contributed by atoms with van der Waals surface area (Å²) in [5, 5.41) is 0. The summed E-state index contributed by atoms with van der Waals surface area (Å²) in [6.07, 6.45) is 4.36. The fraction of sp³-hybridized carbons (Fsp3) is 0.318. The molecule has 0 bridgehead atoms. The molecular formula is C22H27NO3. The first-order valence-corrected chi connectivity index (χ1v) is 8.99. The van der Waals surface area contributed by atoms with Crippen molar-refractivity contribution in [1.82, 2.24) is 4.90 Å². The topological polar surface area (TPSA) is 38.8 Å². The van der Waals surface area contributed by atoms with E-state index in [4.69, 9.17) is 9.47 Å². The molecule has 0 atom stereocenters. The number of amides is 1. The Morgan fingerprint density at radius 3 is 2.50 bits per heavy atom. The summed E-state index contributed by atoms with van der Waals surface area (Å²) in [5.41, 5.74) is 2.03. The smallest absolute Gasteiger partial charge is 0.246 e. The first kappa shape index (κ1) is 19.6. The van der Waals surface area contributed by atoms with E-state index in [1.165, 1.54) is 0 Å². The molecule has 2 rings (SSSR count). The Bertz CT molecular complexity index is 725. The first-order valence-electron chi connectivity index (χ1n) is 8.99. The highest BCUT2D eigenvalue weighted by Gasteiger charge is 2.10. The molecule has 138 valence electrons. The minimum atomic E-state index is 0.00415. The largest absolute Gasteiger partial charge is 0.493 e. The van der Waals surface area contributed by atoms with E-state index in [9.17, 15) is 4.79 Å². The van der Waals surface area contributed by atoms with Crippen molar-refractivity contribution in [2.75, 3.05) is 20.3 Å². The zero-order valence-corrected chi connectivity index (χ0v) is 15.8. The van der Waals surface area contributed by atoms with Crippen molar-refractivity contribution in [2.45, 2.75) is 26.8 Å². The SMILES string of the molecule is CCCN(Cc1ccccc1)C(=O)/C=C/c1ccc(OC)c(OCC)c1. The maximum Gasteiger partial charge on any atom is 0.246 e. The second-order valence-corrected chi connectivity index (χ2v) is 5.92. The van der Waals surface area contributed by atoms with Crippen LogP contribution in [0.25, 0.3) is 6.08 Å². The minimum absolute atomic E-state index is 0.00415. The molecule has 2 aromatic rings. The van der Waals surface area contributed by atoms with Gasteiger partial charge >= 0.3 is 0 Å². The molecule has 0 spiro atoms. The van der Waals surface area contributed by atoms with Gasteiger partial charge in [0.2, 0.25) is 5.91 Å². The molecule has 0 saturated heterocycles. The van der Waals surface area contributed by atoms with Gasteiger partial charge in [0.25, 0.3) is 0 Å². The average molecular weight is 353 g/mol. The van der Waals surface area contributed by atoms with Gasteiger partial charge in [0.15, 0.2) is 11.5 Å². The third-order valence-electron chi connectivity index (χ3n) is 3.93. The third-order valence-corrected chi connectivity index (χ3v) is 3.93. The van der Waals surface area contributed by atoms with Crippen LogP contribution >= 0.6 is 0 Å². The molecule has 1 amide bonds. The summed E-state index contributed by atoms with van der Waals surface area (Å²) >= 11 is 0. The van der Waals surface area contributed by atoms with E-state index in [0.29, 0.717) is 24.7 Å². The number of benzene rings is 2. The summed E-state index contributed by atoms with van der Waals surface area (Å²) in [6, 6.07) is 15.7. The lowest BCUT2D eigenvalue weighted by atomic mass is 10.1. The van der Waals surface area contributed by atoms with Crippen molar-refractivity contribution in [1.29, 1.82) is 0 Å². The van der Waals surface area contributed by atoms with Crippen LogP contribution in [0.15, 0.2) is 54.6 Å². The molecule has 4 nitrogen and oxygen atoms in total. The highest BCUT2D eigenvalue weighted by atomic mass is 16.5. The fourth-order valence-corrected chi connectivity index (χ4v) is 2.68. The summed E-state index contributed by atoms with van der Waals surface area (Å²) in [6.45, 7) is 5.91. The van der Waals surface area contributed by atoms with Gasteiger partial charge in [0, 0.05) is 19.2 Å². The van der Waals surface area contributed by atoms with Crippen LogP contribution in [0.1, 0.15) is 31.4 Å². The quantitative estimate of drug-likeness (QED) is 0.621. The van der Waals surface area contributed by atoms with E-state index in [1.54, 1.807) is 13.2 Å². The summed E-state index contributed by atoms with van der Waals surface area (Å²) in [4.78, 5) is 14.5. The zero-order valence-electron chi connectivity index (χ0n) is 15.8. The Balaban J connectivity index is 2.11. The van der Waals surface area contributed by atoms with Crippen molar-refractivity contribution in [3.63, 3.8) is 0 Å². The average Bonchev–Trinajstić information content (AvgIpc) is 2.67. The lowest BCUT2D eigenvalue weighted by Gasteiger charge is -2.20. The van der Waals surface area contributed by atoms with Gasteiger partial charge in [-0.05, 0) is 42.7 Å². The molecule has 26 heavy (non-hydrogen) atoms. The molecule has 0 aliphatic rings. The van der Waals surface area contributed by atoms with E-state index in [2.05, 4.69) is 6.92 Å². The molecule has 0 unspecified atom stereocenters. The Morgan fingerprint density at radius 2 is 1.85 bits per heavy atom. The van der Waals surface area contributed by atoms with Gasteiger partial charge in [-0.25, -0.2) is 0 Å². The van der Waals surface area contributed by atoms with Gasteiger partial charge in [0.05, 0.1) is 13.7 Å². The molecule has 0 radical (unpaired) electrons. The number of carbonyl (C=O) groups excluding carboxylic acids is 1. The van der Waals surface area contributed by atoms with Gasteiger partial charge in [-0.15, -0.1) is 0 Å². The Kier molecular flexibility index (Phi) is 7.75. The number of carbonyl (C=O) groups is 1. The minimum Gasteiger partial charge on any atom is -0.493 e. The second-order valence-electron chi connectivity index (χ2n) is 5.92. The number of ether oxygens (including phenoxy) is 2. The lowest BCUT2D eigenvalue weighted by molar-refractivity contribution is -0.126. The van der Waals surface area contributed by atoms with Crippen molar-refractivity contribution in [3.05, 3.63) is 65.7 Å². The number of hydrogen-bond acceptors (Lipinski definition) is 3. The van der Waals surface area contributed by atoms with Crippen LogP contribution in [0.2, 0.25) is 0 Å². The molecule has 0 fully saturated rings. The molecule has 2 aromatic carbocycles. The normalized spacial score (nSPS) is 10.7.